The Bertz CT molecular complexity index is 2400. The van der Waals surface area contributed by atoms with Crippen LogP contribution in [0.4, 0.5) is 0 Å². The zero-order valence-electron chi connectivity index (χ0n) is 26.2. The average molecular weight is 639 g/mol. The predicted molar refractivity (Wildman–Crippen MR) is 197 cm³/mol. The molecule has 0 spiro atoms. The fourth-order valence-corrected chi connectivity index (χ4v) is 6.87. The third kappa shape index (κ3) is 4.96. The van der Waals surface area contributed by atoms with Gasteiger partial charge in [-0.05, 0) is 90.3 Å². The van der Waals surface area contributed by atoms with Crippen LogP contribution in [0.5, 0.6) is 28.7 Å². The fraction of sp³-hybridized carbons (Fsp3) is 0. The summed E-state index contributed by atoms with van der Waals surface area (Å²) in [6.45, 7) is 0. The van der Waals surface area contributed by atoms with Gasteiger partial charge in [0.05, 0.1) is 5.56 Å². The van der Waals surface area contributed by atoms with Gasteiger partial charge in [-0.2, -0.15) is 0 Å². The molecule has 5 nitrogen and oxygen atoms in total. The van der Waals surface area contributed by atoms with Crippen molar-refractivity contribution in [2.45, 2.75) is 0 Å². The Morgan fingerprint density at radius 1 is 0.224 bits per heavy atom. The van der Waals surface area contributed by atoms with Crippen molar-refractivity contribution >= 4 is 21.5 Å². The lowest BCUT2D eigenvalue weighted by molar-refractivity contribution is 0.330. The molecule has 0 fully saturated rings. The third-order valence-electron chi connectivity index (χ3n) is 9.18. The second-order valence-corrected chi connectivity index (χ2v) is 12.1. The molecular weight excluding hydrogens is 608 g/mol. The summed E-state index contributed by atoms with van der Waals surface area (Å²) in [5.41, 5.74) is 8.74. The third-order valence-corrected chi connectivity index (χ3v) is 9.18. The summed E-state index contributed by atoms with van der Waals surface area (Å²) < 4.78 is 0. The summed E-state index contributed by atoms with van der Waals surface area (Å²) in [5.74, 6) is -4.28. The molecule has 5 N–H and O–H groups in total. The zero-order valence-corrected chi connectivity index (χ0v) is 26.2. The summed E-state index contributed by atoms with van der Waals surface area (Å²) >= 11 is 0. The standard InChI is InChI=1S/C44H30O5/c45-40-39(41(46)43(48)44(49)42(40)47)38-35-20-9-7-18-33(35)37(34-19-8-10-21-36(34)38)29-17-11-16-28(22-29)32-24-30(26-12-3-1-4-13-26)23-31(25-32)27-14-5-2-6-15-27/h1-25,45-49H. The Balaban J connectivity index is 1.38. The van der Waals surface area contributed by atoms with Crippen LogP contribution in [-0.2, 0) is 0 Å². The average Bonchev–Trinajstić information content (AvgIpc) is 3.16. The molecule has 0 saturated heterocycles. The van der Waals surface area contributed by atoms with Crippen molar-refractivity contribution in [1.29, 1.82) is 0 Å². The molecule has 0 saturated carbocycles. The molecule has 0 bridgehead atoms. The monoisotopic (exact) mass is 638 g/mol. The van der Waals surface area contributed by atoms with Gasteiger partial charge >= 0.3 is 0 Å². The molecule has 8 aromatic carbocycles. The van der Waals surface area contributed by atoms with Crippen LogP contribution >= 0.6 is 0 Å². The Kier molecular flexibility index (Phi) is 7.16. The molecule has 0 aliphatic rings. The Labute approximate surface area is 282 Å². The van der Waals surface area contributed by atoms with E-state index in [0.717, 1.165) is 55.3 Å². The summed E-state index contributed by atoms with van der Waals surface area (Å²) in [6, 6.07) is 51.0. The van der Waals surface area contributed by atoms with Crippen LogP contribution in [0.15, 0.2) is 152 Å². The number of benzene rings is 8. The largest absolute Gasteiger partial charge is 0.504 e. The number of phenols is 5. The maximum absolute atomic E-state index is 11.0. The number of hydrogen-bond acceptors (Lipinski definition) is 5. The van der Waals surface area contributed by atoms with Crippen LogP contribution in [0.1, 0.15) is 0 Å². The highest BCUT2D eigenvalue weighted by Crippen LogP contribution is 2.57. The second-order valence-electron chi connectivity index (χ2n) is 12.1. The van der Waals surface area contributed by atoms with Gasteiger partial charge in [0.25, 0.3) is 0 Å². The van der Waals surface area contributed by atoms with Crippen LogP contribution in [0.2, 0.25) is 0 Å². The molecule has 0 unspecified atom stereocenters. The molecule has 236 valence electrons. The lowest BCUT2D eigenvalue weighted by atomic mass is 9.84. The summed E-state index contributed by atoms with van der Waals surface area (Å²) in [5, 5.41) is 56.2. The molecule has 8 aromatic rings. The van der Waals surface area contributed by atoms with Crippen molar-refractivity contribution in [1.82, 2.24) is 0 Å². The van der Waals surface area contributed by atoms with Crippen molar-refractivity contribution < 1.29 is 25.5 Å². The quantitative estimate of drug-likeness (QED) is 0.0734. The summed E-state index contributed by atoms with van der Waals surface area (Å²) in [7, 11) is 0. The first-order valence-electron chi connectivity index (χ1n) is 15.9. The Morgan fingerprint density at radius 3 is 1.02 bits per heavy atom. The van der Waals surface area contributed by atoms with E-state index in [0.29, 0.717) is 16.3 Å². The van der Waals surface area contributed by atoms with Crippen LogP contribution in [0, 0.1) is 0 Å². The van der Waals surface area contributed by atoms with E-state index in [-0.39, 0.29) is 5.56 Å². The SMILES string of the molecule is Oc1c(O)c(O)c(-c2c3ccccc3c(-c3cccc(-c4cc(-c5ccccc5)cc(-c5ccccc5)c4)c3)c3ccccc23)c(O)c1O. The van der Waals surface area contributed by atoms with Gasteiger partial charge in [-0.15, -0.1) is 0 Å². The van der Waals surface area contributed by atoms with Gasteiger partial charge in [-0.3, -0.25) is 0 Å². The first kappa shape index (κ1) is 29.7. The van der Waals surface area contributed by atoms with Gasteiger partial charge in [0.15, 0.2) is 11.5 Å². The van der Waals surface area contributed by atoms with Gasteiger partial charge < -0.3 is 25.5 Å². The molecule has 8 rings (SSSR count). The lowest BCUT2D eigenvalue weighted by Gasteiger charge is -2.20. The Hall–Kier alpha value is -6.72. The summed E-state index contributed by atoms with van der Waals surface area (Å²) in [6.07, 6.45) is 0. The number of aromatic hydroxyl groups is 5. The molecule has 49 heavy (non-hydrogen) atoms. The van der Waals surface area contributed by atoms with Crippen molar-refractivity contribution in [2.24, 2.45) is 0 Å². The number of fused-ring (bicyclic) bond motifs is 2. The molecule has 0 aliphatic carbocycles. The summed E-state index contributed by atoms with van der Waals surface area (Å²) in [4.78, 5) is 0. The van der Waals surface area contributed by atoms with Crippen molar-refractivity contribution in [3.8, 4) is 84.4 Å². The van der Waals surface area contributed by atoms with E-state index in [1.807, 2.05) is 91.0 Å². The van der Waals surface area contributed by atoms with Crippen molar-refractivity contribution in [3.63, 3.8) is 0 Å². The normalized spacial score (nSPS) is 11.3. The molecule has 5 heteroatoms. The van der Waals surface area contributed by atoms with E-state index >= 15 is 0 Å². The molecular formula is C44H30O5. The molecule has 0 aliphatic heterocycles. The van der Waals surface area contributed by atoms with Crippen LogP contribution < -0.4 is 0 Å². The van der Waals surface area contributed by atoms with E-state index in [1.165, 1.54) is 0 Å². The number of hydrogen-bond donors (Lipinski definition) is 5. The lowest BCUT2D eigenvalue weighted by Crippen LogP contribution is -1.93. The van der Waals surface area contributed by atoms with E-state index in [1.54, 1.807) is 0 Å². The maximum Gasteiger partial charge on any atom is 0.208 e. The van der Waals surface area contributed by atoms with E-state index < -0.39 is 28.7 Å². The van der Waals surface area contributed by atoms with Gasteiger partial charge in [0, 0.05) is 5.56 Å². The van der Waals surface area contributed by atoms with E-state index in [4.69, 9.17) is 0 Å². The highest BCUT2D eigenvalue weighted by Gasteiger charge is 2.28. The smallest absolute Gasteiger partial charge is 0.208 e. The molecule has 0 aromatic heterocycles. The Morgan fingerprint density at radius 2 is 0.551 bits per heavy atom. The van der Waals surface area contributed by atoms with Crippen molar-refractivity contribution in [2.75, 3.05) is 0 Å². The van der Waals surface area contributed by atoms with Crippen LogP contribution in [0.3, 0.4) is 0 Å². The predicted octanol–water partition coefficient (Wildman–Crippen LogP) is 10.9. The highest BCUT2D eigenvalue weighted by molar-refractivity contribution is 6.22. The topological polar surface area (TPSA) is 101 Å². The first-order valence-corrected chi connectivity index (χ1v) is 15.9. The van der Waals surface area contributed by atoms with Crippen LogP contribution in [0.25, 0.3) is 77.2 Å². The van der Waals surface area contributed by atoms with Gasteiger partial charge in [0.2, 0.25) is 17.2 Å². The van der Waals surface area contributed by atoms with E-state index in [2.05, 4.69) is 60.7 Å². The number of phenolic OH excluding ortho intramolecular Hbond substituents is 5. The molecule has 0 amide bonds. The van der Waals surface area contributed by atoms with Crippen molar-refractivity contribution in [3.05, 3.63) is 152 Å². The minimum Gasteiger partial charge on any atom is -0.504 e. The first-order chi connectivity index (χ1) is 23.9. The van der Waals surface area contributed by atoms with Gasteiger partial charge in [-0.1, -0.05) is 127 Å². The van der Waals surface area contributed by atoms with Gasteiger partial charge in [0.1, 0.15) is 0 Å². The molecule has 0 radical (unpaired) electrons. The van der Waals surface area contributed by atoms with E-state index in [9.17, 15) is 25.5 Å². The zero-order chi connectivity index (χ0) is 33.6. The second kappa shape index (κ2) is 11.8. The fourth-order valence-electron chi connectivity index (χ4n) is 6.87. The van der Waals surface area contributed by atoms with Gasteiger partial charge in [-0.25, -0.2) is 0 Å². The molecule has 0 heterocycles. The number of rotatable bonds is 5. The minimum absolute atomic E-state index is 0.174. The van der Waals surface area contributed by atoms with Crippen LogP contribution in [-0.4, -0.2) is 25.5 Å². The highest BCUT2D eigenvalue weighted by atomic mass is 16.4. The molecule has 0 atom stereocenters. The maximum atomic E-state index is 11.0. The minimum atomic E-state index is -0.993.